The van der Waals surface area contributed by atoms with Crippen LogP contribution in [0.2, 0.25) is 0 Å². The van der Waals surface area contributed by atoms with Gasteiger partial charge < -0.3 is 15.4 Å². The Balaban J connectivity index is 2.06. The molecule has 0 saturated carbocycles. The molecule has 0 aliphatic carbocycles. The van der Waals surface area contributed by atoms with Crippen LogP contribution in [0.3, 0.4) is 0 Å². The normalized spacial score (nSPS) is 13.6. The Morgan fingerprint density at radius 3 is 0.833 bits per heavy atom. The molecule has 0 saturated heterocycles. The lowest BCUT2D eigenvalue weighted by Gasteiger charge is -2.26. The lowest BCUT2D eigenvalue weighted by molar-refractivity contribution is 0.203. The fraction of sp³-hybridized carbons (Fsp3) is 0.750. The highest BCUT2D eigenvalue weighted by molar-refractivity contribution is 5.31. The fourth-order valence-corrected chi connectivity index (χ4v) is 4.05. The van der Waals surface area contributed by atoms with Crippen molar-refractivity contribution in [3.63, 3.8) is 0 Å². The molecule has 266 valence electrons. The van der Waals surface area contributed by atoms with Gasteiger partial charge in [-0.2, -0.15) is 29.9 Å². The molecule has 0 radical (unpaired) electrons. The molecule has 2 N–H and O–H groups in total. The van der Waals surface area contributed by atoms with Crippen molar-refractivity contribution in [1.82, 2.24) is 44.9 Å². The molecule has 0 aromatic carbocycles. The molecule has 3 aromatic heterocycles. The van der Waals surface area contributed by atoms with E-state index in [4.69, 9.17) is 49.6 Å². The van der Waals surface area contributed by atoms with Crippen molar-refractivity contribution in [1.29, 1.82) is 0 Å². The zero-order valence-electron chi connectivity index (χ0n) is 32.9. The summed E-state index contributed by atoms with van der Waals surface area (Å²) < 4.78 is 6.59. The van der Waals surface area contributed by atoms with Gasteiger partial charge >= 0.3 is 6.01 Å². The molecule has 48 heavy (non-hydrogen) atoms. The summed E-state index contributed by atoms with van der Waals surface area (Å²) in [5.41, 5.74) is -1.65. The molecule has 0 atom stereocenters. The van der Waals surface area contributed by atoms with Gasteiger partial charge in [0.05, 0.1) is 13.1 Å². The van der Waals surface area contributed by atoms with Crippen molar-refractivity contribution in [3.8, 4) is 6.01 Å². The van der Waals surface area contributed by atoms with Crippen molar-refractivity contribution in [2.75, 3.05) is 23.7 Å². The van der Waals surface area contributed by atoms with Crippen LogP contribution in [0.5, 0.6) is 6.01 Å². The van der Waals surface area contributed by atoms with Crippen LogP contribution in [0, 0.1) is 0 Å². The van der Waals surface area contributed by atoms with E-state index in [1.165, 1.54) is 0 Å². The van der Waals surface area contributed by atoms with Crippen molar-refractivity contribution < 1.29 is 4.74 Å². The molecule has 3 aromatic rings. The van der Waals surface area contributed by atoms with Crippen LogP contribution in [0.15, 0.2) is 0 Å². The average molecular weight is 664 g/mol. The van der Waals surface area contributed by atoms with E-state index >= 15 is 0 Å². The second kappa shape index (κ2) is 13.4. The highest BCUT2D eigenvalue weighted by atomic mass is 16.5. The molecule has 0 unspecified atom stereocenters. The van der Waals surface area contributed by atoms with Gasteiger partial charge in [-0.15, -0.1) is 0 Å². The smallest absolute Gasteiger partial charge is 0.320 e. The van der Waals surface area contributed by atoms with E-state index < -0.39 is 6.10 Å². The van der Waals surface area contributed by atoms with Gasteiger partial charge in [-0.25, -0.2) is 15.0 Å². The predicted octanol–water partition coefficient (Wildman–Crippen LogP) is 7.00. The summed E-state index contributed by atoms with van der Waals surface area (Å²) in [6, 6.07) is 0.260. The molecule has 0 aliphatic rings. The molecule has 0 amide bonds. The summed E-state index contributed by atoms with van der Waals surface area (Å²) in [4.78, 5) is 43.2. The maximum Gasteiger partial charge on any atom is 0.320 e. The zero-order valence-corrected chi connectivity index (χ0v) is 32.9. The van der Waals surface area contributed by atoms with Crippen LogP contribution in [-0.2, 0) is 32.5 Å². The lowest BCUT2D eigenvalue weighted by Crippen LogP contribution is -2.36. The highest BCUT2D eigenvalue weighted by Gasteiger charge is 2.29. The Bertz CT molecular complexity index is 1390. The Morgan fingerprint density at radius 2 is 0.604 bits per heavy atom. The number of rotatable bonds is 8. The van der Waals surface area contributed by atoms with Gasteiger partial charge in [-0.05, 0) is 0 Å². The minimum atomic E-state index is -0.478. The van der Waals surface area contributed by atoms with E-state index in [9.17, 15) is 0 Å². The standard InChI is InChI=1S/C36H61N11O/c1-31(2,3)22-39-23(32(4,5)6)43-28(42-22)37-19-21(48-30-46-26(35(13,14)15)41-27(47-30)36(16,17)18)20-38-29-44-24(33(7,8)9)40-25(45-29)34(10,11)12/h21H,19-20H2,1-18H3,(H,37,39,42,43)(H,38,40,44,45). The number of hydrogen-bond donors (Lipinski definition) is 2. The molecule has 0 bridgehead atoms. The molecule has 3 rings (SSSR count). The van der Waals surface area contributed by atoms with Crippen molar-refractivity contribution in [2.24, 2.45) is 0 Å². The third-order valence-electron chi connectivity index (χ3n) is 7.16. The Labute approximate surface area is 289 Å². The summed E-state index contributed by atoms with van der Waals surface area (Å²) in [6.07, 6.45) is -0.478. The molecule has 12 nitrogen and oxygen atoms in total. The third-order valence-corrected chi connectivity index (χ3v) is 7.16. The largest absolute Gasteiger partial charge is 0.456 e. The van der Waals surface area contributed by atoms with Crippen LogP contribution in [0.1, 0.15) is 160 Å². The van der Waals surface area contributed by atoms with E-state index in [2.05, 4.69) is 135 Å². The minimum Gasteiger partial charge on any atom is -0.456 e. The van der Waals surface area contributed by atoms with Crippen molar-refractivity contribution >= 4 is 11.9 Å². The summed E-state index contributed by atoms with van der Waals surface area (Å²) in [7, 11) is 0. The number of ether oxygens (including phenoxy) is 1. The minimum absolute atomic E-state index is 0.260. The first-order chi connectivity index (χ1) is 21.5. The van der Waals surface area contributed by atoms with Crippen molar-refractivity contribution in [2.45, 2.75) is 163 Å². The molecule has 12 heteroatoms. The lowest BCUT2D eigenvalue weighted by atomic mass is 9.93. The number of nitrogens with one attached hydrogen (secondary N) is 2. The van der Waals surface area contributed by atoms with E-state index in [0.29, 0.717) is 36.6 Å². The topological polar surface area (TPSA) is 149 Å². The van der Waals surface area contributed by atoms with Gasteiger partial charge in [0.15, 0.2) is 0 Å². The molecule has 0 spiro atoms. The summed E-state index contributed by atoms with van der Waals surface area (Å²) in [6.45, 7) is 38.4. The first kappa shape index (κ1) is 38.9. The van der Waals surface area contributed by atoms with Gasteiger partial charge in [0, 0.05) is 32.5 Å². The summed E-state index contributed by atoms with van der Waals surface area (Å²) >= 11 is 0. The van der Waals surface area contributed by atoms with E-state index in [1.807, 2.05) is 0 Å². The summed E-state index contributed by atoms with van der Waals surface area (Å²) in [5, 5.41) is 6.87. The fourth-order valence-electron chi connectivity index (χ4n) is 4.05. The molecular formula is C36H61N11O. The van der Waals surface area contributed by atoms with Crippen LogP contribution in [-0.4, -0.2) is 64.0 Å². The second-order valence-electron chi connectivity index (χ2n) is 18.9. The van der Waals surface area contributed by atoms with E-state index in [0.717, 1.165) is 23.3 Å². The van der Waals surface area contributed by atoms with Crippen molar-refractivity contribution in [3.05, 3.63) is 34.9 Å². The number of nitrogens with zero attached hydrogens (tertiary/aromatic N) is 9. The molecule has 3 heterocycles. The Hall–Kier alpha value is -3.57. The first-order valence-corrected chi connectivity index (χ1v) is 17.0. The second-order valence-corrected chi connectivity index (χ2v) is 18.9. The number of aromatic nitrogens is 9. The molecule has 0 fully saturated rings. The van der Waals surface area contributed by atoms with Gasteiger partial charge in [0.1, 0.15) is 41.1 Å². The Morgan fingerprint density at radius 1 is 0.375 bits per heavy atom. The first-order valence-electron chi connectivity index (χ1n) is 17.0. The van der Waals surface area contributed by atoms with E-state index in [1.54, 1.807) is 0 Å². The predicted molar refractivity (Wildman–Crippen MR) is 193 cm³/mol. The SMILES string of the molecule is CC(C)(C)c1nc(NCC(CNc2nc(C(C)(C)C)nc(C(C)(C)C)n2)Oc2nc(C(C)(C)C)nc(C(C)(C)C)n2)nc(C(C)(C)C)n1. The van der Waals surface area contributed by atoms with Crippen LogP contribution in [0.25, 0.3) is 0 Å². The number of hydrogen-bond acceptors (Lipinski definition) is 12. The monoisotopic (exact) mass is 664 g/mol. The van der Waals surface area contributed by atoms with Crippen LogP contribution >= 0.6 is 0 Å². The molecule has 0 aliphatic heterocycles. The van der Waals surface area contributed by atoms with Gasteiger partial charge in [0.2, 0.25) is 11.9 Å². The quantitative estimate of drug-likeness (QED) is 0.255. The molecular weight excluding hydrogens is 602 g/mol. The van der Waals surface area contributed by atoms with E-state index in [-0.39, 0.29) is 38.5 Å². The third kappa shape index (κ3) is 10.7. The van der Waals surface area contributed by atoms with Gasteiger partial charge in [0.25, 0.3) is 0 Å². The van der Waals surface area contributed by atoms with Crippen LogP contribution in [0.4, 0.5) is 11.9 Å². The van der Waals surface area contributed by atoms with Gasteiger partial charge in [-0.3, -0.25) is 0 Å². The number of anilines is 2. The summed E-state index contributed by atoms with van der Waals surface area (Å²) in [5.74, 6) is 5.19. The average Bonchev–Trinajstić information content (AvgIpc) is 2.91. The highest BCUT2D eigenvalue weighted by Crippen LogP contribution is 2.28. The van der Waals surface area contributed by atoms with Gasteiger partial charge in [-0.1, -0.05) is 125 Å². The Kier molecular flexibility index (Phi) is 10.8. The zero-order chi connectivity index (χ0) is 36.7. The maximum absolute atomic E-state index is 6.59. The van der Waals surface area contributed by atoms with Crippen LogP contribution < -0.4 is 15.4 Å². The maximum atomic E-state index is 6.59.